The summed E-state index contributed by atoms with van der Waals surface area (Å²) in [7, 11) is 0. The second kappa shape index (κ2) is 7.90. The summed E-state index contributed by atoms with van der Waals surface area (Å²) in [6, 6.07) is 10.2. The molecule has 1 aliphatic heterocycles. The average molecular weight is 391 g/mol. The highest BCUT2D eigenvalue weighted by Crippen LogP contribution is 2.30. The number of nitrogens with zero attached hydrogens (tertiary/aromatic N) is 6. The van der Waals surface area contributed by atoms with Crippen molar-refractivity contribution >= 4 is 17.5 Å². The molecular formula is C21H25N7O. The summed E-state index contributed by atoms with van der Waals surface area (Å²) < 4.78 is 1.78. The Bertz CT molecular complexity index is 1000. The van der Waals surface area contributed by atoms with Crippen LogP contribution in [-0.2, 0) is 11.3 Å². The van der Waals surface area contributed by atoms with E-state index in [1.807, 2.05) is 36.9 Å². The van der Waals surface area contributed by atoms with Crippen LogP contribution in [0.25, 0.3) is 11.1 Å². The van der Waals surface area contributed by atoms with Gasteiger partial charge in [0.25, 0.3) is 0 Å². The molecule has 1 amide bonds. The molecule has 3 heterocycles. The van der Waals surface area contributed by atoms with E-state index in [4.69, 9.17) is 5.73 Å². The van der Waals surface area contributed by atoms with Gasteiger partial charge in [0.2, 0.25) is 11.9 Å². The Morgan fingerprint density at radius 3 is 2.41 bits per heavy atom. The van der Waals surface area contributed by atoms with Crippen LogP contribution in [0.3, 0.4) is 0 Å². The van der Waals surface area contributed by atoms with Crippen LogP contribution >= 0.6 is 0 Å². The summed E-state index contributed by atoms with van der Waals surface area (Å²) in [6.45, 7) is 7.12. The number of para-hydroxylation sites is 1. The molecule has 0 radical (unpaired) electrons. The number of benzene rings is 1. The second-order valence-electron chi connectivity index (χ2n) is 7.30. The zero-order chi connectivity index (χ0) is 20.4. The first kappa shape index (κ1) is 18.9. The number of nitrogen functional groups attached to an aromatic ring is 1. The van der Waals surface area contributed by atoms with Crippen molar-refractivity contribution in [2.45, 2.75) is 20.4 Å². The quantitative estimate of drug-likeness (QED) is 0.730. The number of carbonyl (C=O) groups is 1. The third-order valence-corrected chi connectivity index (χ3v) is 5.25. The van der Waals surface area contributed by atoms with Crippen LogP contribution in [0.2, 0.25) is 0 Å². The van der Waals surface area contributed by atoms with E-state index in [0.29, 0.717) is 19.6 Å². The molecule has 150 valence electrons. The van der Waals surface area contributed by atoms with E-state index in [1.54, 1.807) is 17.1 Å². The van der Waals surface area contributed by atoms with Crippen molar-refractivity contribution in [1.82, 2.24) is 24.6 Å². The average Bonchev–Trinajstić information content (AvgIpc) is 3.05. The Kier molecular flexibility index (Phi) is 5.16. The zero-order valence-electron chi connectivity index (χ0n) is 16.7. The normalized spacial score (nSPS) is 14.3. The molecule has 4 rings (SSSR count). The molecule has 8 nitrogen and oxygen atoms in total. The Balaban J connectivity index is 1.44. The minimum absolute atomic E-state index is 0.107. The summed E-state index contributed by atoms with van der Waals surface area (Å²) in [5.41, 5.74) is 10.7. The van der Waals surface area contributed by atoms with E-state index in [-0.39, 0.29) is 11.9 Å². The number of amides is 1. The highest BCUT2D eigenvalue weighted by atomic mass is 16.2. The number of anilines is 2. The smallest absolute Gasteiger partial charge is 0.244 e. The topological polar surface area (TPSA) is 93.2 Å². The van der Waals surface area contributed by atoms with Crippen LogP contribution in [-0.4, -0.2) is 56.7 Å². The third-order valence-electron chi connectivity index (χ3n) is 5.25. The van der Waals surface area contributed by atoms with Gasteiger partial charge in [-0.3, -0.25) is 9.48 Å². The molecule has 0 spiro atoms. The van der Waals surface area contributed by atoms with E-state index >= 15 is 0 Å². The number of hydrogen-bond acceptors (Lipinski definition) is 6. The van der Waals surface area contributed by atoms with Crippen molar-refractivity contribution in [3.05, 3.63) is 54.1 Å². The summed E-state index contributed by atoms with van der Waals surface area (Å²) in [5.74, 6) is 0.372. The van der Waals surface area contributed by atoms with E-state index in [9.17, 15) is 4.79 Å². The molecule has 1 fully saturated rings. The van der Waals surface area contributed by atoms with Crippen molar-refractivity contribution in [2.75, 3.05) is 36.8 Å². The Hall–Kier alpha value is -3.42. The van der Waals surface area contributed by atoms with Gasteiger partial charge in [-0.05, 0) is 26.0 Å². The van der Waals surface area contributed by atoms with Gasteiger partial charge in [-0.2, -0.15) is 5.10 Å². The van der Waals surface area contributed by atoms with Crippen molar-refractivity contribution in [1.29, 1.82) is 0 Å². The summed E-state index contributed by atoms with van der Waals surface area (Å²) in [4.78, 5) is 25.2. The zero-order valence-corrected chi connectivity index (χ0v) is 16.7. The maximum absolute atomic E-state index is 12.7. The van der Waals surface area contributed by atoms with Crippen LogP contribution in [0.15, 0.2) is 42.7 Å². The molecule has 0 bridgehead atoms. The Morgan fingerprint density at radius 1 is 1.07 bits per heavy atom. The molecule has 2 N–H and O–H groups in total. The van der Waals surface area contributed by atoms with Gasteiger partial charge in [-0.1, -0.05) is 18.2 Å². The Labute approximate surface area is 170 Å². The molecule has 1 aliphatic rings. The molecular weight excluding hydrogens is 366 g/mol. The highest BCUT2D eigenvalue weighted by Gasteiger charge is 2.23. The Morgan fingerprint density at radius 2 is 1.76 bits per heavy atom. The number of aromatic nitrogens is 4. The number of hydrogen-bond donors (Lipinski definition) is 1. The summed E-state index contributed by atoms with van der Waals surface area (Å²) in [5, 5.41) is 4.40. The summed E-state index contributed by atoms with van der Waals surface area (Å²) in [6.07, 6.45) is 3.49. The molecule has 3 aromatic rings. The SMILES string of the molecule is Cc1cc(C)n(CC(=O)N2CCN(c3ccccc3-c3cnc(N)nc3)CC2)n1. The van der Waals surface area contributed by atoms with Crippen LogP contribution in [0, 0.1) is 13.8 Å². The first-order valence-electron chi connectivity index (χ1n) is 9.72. The van der Waals surface area contributed by atoms with Crippen molar-refractivity contribution in [3.8, 4) is 11.1 Å². The molecule has 8 heteroatoms. The fourth-order valence-electron chi connectivity index (χ4n) is 3.73. The summed E-state index contributed by atoms with van der Waals surface area (Å²) >= 11 is 0. The standard InChI is InChI=1S/C21H25N7O/c1-15-11-16(2)28(25-15)14-20(29)27-9-7-26(8-10-27)19-6-4-3-5-18(19)17-12-23-21(22)24-13-17/h3-6,11-13H,7-10,14H2,1-2H3,(H2,22,23,24). The maximum Gasteiger partial charge on any atom is 0.244 e. The number of carbonyl (C=O) groups excluding carboxylic acids is 1. The highest BCUT2D eigenvalue weighted by molar-refractivity contribution is 5.79. The second-order valence-corrected chi connectivity index (χ2v) is 7.30. The van der Waals surface area contributed by atoms with Gasteiger partial charge in [0.1, 0.15) is 6.54 Å². The largest absolute Gasteiger partial charge is 0.368 e. The van der Waals surface area contributed by atoms with Gasteiger partial charge in [-0.25, -0.2) is 9.97 Å². The van der Waals surface area contributed by atoms with Gasteiger partial charge in [0.05, 0.1) is 5.69 Å². The van der Waals surface area contributed by atoms with Crippen molar-refractivity contribution in [2.24, 2.45) is 0 Å². The molecule has 0 atom stereocenters. The minimum atomic E-state index is 0.107. The molecule has 0 aliphatic carbocycles. The predicted octanol–water partition coefficient (Wildman–Crippen LogP) is 1.89. The molecule has 0 saturated carbocycles. The van der Waals surface area contributed by atoms with Crippen molar-refractivity contribution < 1.29 is 4.79 Å². The number of rotatable bonds is 4. The maximum atomic E-state index is 12.7. The number of piperazine rings is 1. The molecule has 2 aromatic heterocycles. The van der Waals surface area contributed by atoms with Crippen LogP contribution in [0.1, 0.15) is 11.4 Å². The lowest BCUT2D eigenvalue weighted by molar-refractivity contribution is -0.132. The molecule has 1 aromatic carbocycles. The lowest BCUT2D eigenvalue weighted by Crippen LogP contribution is -2.49. The fourth-order valence-corrected chi connectivity index (χ4v) is 3.73. The van der Waals surface area contributed by atoms with Crippen LogP contribution in [0.5, 0.6) is 0 Å². The first-order chi connectivity index (χ1) is 14.0. The lowest BCUT2D eigenvalue weighted by atomic mass is 10.1. The van der Waals surface area contributed by atoms with Crippen molar-refractivity contribution in [3.63, 3.8) is 0 Å². The number of aryl methyl sites for hydroxylation is 2. The third kappa shape index (κ3) is 4.06. The van der Waals surface area contributed by atoms with E-state index in [1.165, 1.54) is 0 Å². The molecule has 1 saturated heterocycles. The molecule has 29 heavy (non-hydrogen) atoms. The first-order valence-corrected chi connectivity index (χ1v) is 9.72. The number of nitrogens with two attached hydrogens (primary N) is 1. The van der Waals surface area contributed by atoms with Gasteiger partial charge < -0.3 is 15.5 Å². The fraction of sp³-hybridized carbons (Fsp3) is 0.333. The van der Waals surface area contributed by atoms with Crippen LogP contribution < -0.4 is 10.6 Å². The van der Waals surface area contributed by atoms with E-state index < -0.39 is 0 Å². The van der Waals surface area contributed by atoms with Gasteiger partial charge in [-0.15, -0.1) is 0 Å². The van der Waals surface area contributed by atoms with Gasteiger partial charge in [0.15, 0.2) is 0 Å². The minimum Gasteiger partial charge on any atom is -0.368 e. The van der Waals surface area contributed by atoms with Gasteiger partial charge >= 0.3 is 0 Å². The van der Waals surface area contributed by atoms with E-state index in [2.05, 4.69) is 32.1 Å². The molecule has 0 unspecified atom stereocenters. The lowest BCUT2D eigenvalue weighted by Gasteiger charge is -2.37. The van der Waals surface area contributed by atoms with Crippen LogP contribution in [0.4, 0.5) is 11.6 Å². The van der Waals surface area contributed by atoms with E-state index in [0.717, 1.165) is 41.3 Å². The predicted molar refractivity (Wildman–Crippen MR) is 112 cm³/mol. The monoisotopic (exact) mass is 391 g/mol. The van der Waals surface area contributed by atoms with Gasteiger partial charge in [0, 0.05) is 61.1 Å².